The summed E-state index contributed by atoms with van der Waals surface area (Å²) >= 11 is 0. The van der Waals surface area contributed by atoms with E-state index in [0.717, 1.165) is 12.5 Å². The van der Waals surface area contributed by atoms with Gasteiger partial charge in [0.1, 0.15) is 0 Å². The maximum Gasteiger partial charge on any atom is 0.161 e. The third kappa shape index (κ3) is 5.81. The molecule has 0 aromatic heterocycles. The molecule has 0 bridgehead atoms. The molecule has 1 aliphatic rings. The van der Waals surface area contributed by atoms with E-state index in [1.165, 1.54) is 57.4 Å². The first-order valence-electron chi connectivity index (χ1n) is 6.51. The molecule has 0 amide bonds. The lowest BCUT2D eigenvalue weighted by molar-refractivity contribution is 0.355. The van der Waals surface area contributed by atoms with E-state index in [9.17, 15) is 0 Å². The summed E-state index contributed by atoms with van der Waals surface area (Å²) in [6.07, 6.45) is 11.9. The molecule has 0 N–H and O–H groups in total. The number of hydrogen-bond donors (Lipinski definition) is 0. The van der Waals surface area contributed by atoms with Gasteiger partial charge in [-0.3, -0.25) is 0 Å². The molecule has 1 nitrogen and oxygen atoms in total. The van der Waals surface area contributed by atoms with Crippen molar-refractivity contribution in [1.29, 1.82) is 0 Å². The van der Waals surface area contributed by atoms with Gasteiger partial charge in [0.2, 0.25) is 0 Å². The Hall–Kier alpha value is 0.177. The quantitative estimate of drug-likeness (QED) is 0.374. The molecular formula is C12H26OSi. The monoisotopic (exact) mass is 214 g/mol. The molecule has 0 aromatic carbocycles. The summed E-state index contributed by atoms with van der Waals surface area (Å²) in [5, 5.41) is 0. The lowest BCUT2D eigenvalue weighted by Crippen LogP contribution is -2.01. The van der Waals surface area contributed by atoms with Crippen molar-refractivity contribution in [2.24, 2.45) is 5.92 Å². The second-order valence-electron chi connectivity index (χ2n) is 4.55. The Morgan fingerprint density at radius 3 is 2.50 bits per heavy atom. The highest BCUT2D eigenvalue weighted by Gasteiger charge is 2.11. The van der Waals surface area contributed by atoms with E-state index in [1.54, 1.807) is 0 Å². The van der Waals surface area contributed by atoms with Gasteiger partial charge in [0, 0.05) is 6.61 Å². The summed E-state index contributed by atoms with van der Waals surface area (Å²) in [7, 11) is -0.144. The maximum absolute atomic E-state index is 5.49. The van der Waals surface area contributed by atoms with Gasteiger partial charge < -0.3 is 4.43 Å². The first-order chi connectivity index (χ1) is 6.93. The topological polar surface area (TPSA) is 9.23 Å². The van der Waals surface area contributed by atoms with Crippen LogP contribution < -0.4 is 0 Å². The fourth-order valence-corrected chi connectivity index (χ4v) is 3.42. The van der Waals surface area contributed by atoms with Crippen LogP contribution in [0.15, 0.2) is 0 Å². The summed E-state index contributed by atoms with van der Waals surface area (Å²) < 4.78 is 5.49. The first kappa shape index (κ1) is 12.2. The van der Waals surface area contributed by atoms with Gasteiger partial charge in [0.15, 0.2) is 9.76 Å². The fourth-order valence-electron chi connectivity index (χ4n) is 2.43. The van der Waals surface area contributed by atoms with Crippen molar-refractivity contribution in [3.05, 3.63) is 0 Å². The zero-order valence-electron chi connectivity index (χ0n) is 9.76. The molecule has 0 saturated heterocycles. The second-order valence-corrected chi connectivity index (χ2v) is 6.07. The first-order valence-corrected chi connectivity index (χ1v) is 8.09. The van der Waals surface area contributed by atoms with Crippen molar-refractivity contribution in [1.82, 2.24) is 0 Å². The Bertz CT molecular complexity index is 119. The fraction of sp³-hybridized carbons (Fsp3) is 1.00. The Morgan fingerprint density at radius 1 is 1.14 bits per heavy atom. The summed E-state index contributed by atoms with van der Waals surface area (Å²) in [5.41, 5.74) is 0. The standard InChI is InChI=1S/C12H26OSi/c1-2-13-14-11-7-10-12-8-5-3-4-6-9-12/h12H,2-11,14H2,1H3. The number of hydrogen-bond acceptors (Lipinski definition) is 1. The highest BCUT2D eigenvalue weighted by molar-refractivity contribution is 6.26. The summed E-state index contributed by atoms with van der Waals surface area (Å²) in [6, 6.07) is 1.41. The minimum absolute atomic E-state index is 0.144. The summed E-state index contributed by atoms with van der Waals surface area (Å²) in [4.78, 5) is 0. The van der Waals surface area contributed by atoms with Crippen molar-refractivity contribution in [3.63, 3.8) is 0 Å². The molecule has 1 fully saturated rings. The van der Waals surface area contributed by atoms with Gasteiger partial charge in [-0.15, -0.1) is 0 Å². The SMILES string of the molecule is CCO[SiH2]CCCC1CCCCCC1. The molecule has 1 rings (SSSR count). The maximum atomic E-state index is 5.49. The van der Waals surface area contributed by atoms with Gasteiger partial charge in [0.25, 0.3) is 0 Å². The zero-order chi connectivity index (χ0) is 10.1. The minimum atomic E-state index is -0.144. The van der Waals surface area contributed by atoms with Crippen LogP contribution >= 0.6 is 0 Å². The third-order valence-electron chi connectivity index (χ3n) is 3.33. The smallest absolute Gasteiger partial charge is 0.161 e. The third-order valence-corrected chi connectivity index (χ3v) is 4.82. The summed E-state index contributed by atoms with van der Waals surface area (Å²) in [6.45, 7) is 3.05. The number of rotatable bonds is 6. The van der Waals surface area contributed by atoms with Crippen LogP contribution in [0.4, 0.5) is 0 Å². The van der Waals surface area contributed by atoms with Gasteiger partial charge in [-0.05, 0) is 18.9 Å². The van der Waals surface area contributed by atoms with Crippen LogP contribution in [0.5, 0.6) is 0 Å². The average molecular weight is 214 g/mol. The molecule has 1 aliphatic carbocycles. The molecule has 0 spiro atoms. The molecule has 14 heavy (non-hydrogen) atoms. The lowest BCUT2D eigenvalue weighted by atomic mass is 9.95. The minimum Gasteiger partial charge on any atom is -0.424 e. The molecule has 1 saturated carbocycles. The molecule has 0 aromatic rings. The normalized spacial score (nSPS) is 20.4. The van der Waals surface area contributed by atoms with E-state index in [4.69, 9.17) is 4.43 Å². The van der Waals surface area contributed by atoms with E-state index in [0.29, 0.717) is 0 Å². The summed E-state index contributed by atoms with van der Waals surface area (Å²) in [5.74, 6) is 1.06. The Morgan fingerprint density at radius 2 is 1.86 bits per heavy atom. The Balaban J connectivity index is 1.93. The van der Waals surface area contributed by atoms with Crippen molar-refractivity contribution in [2.45, 2.75) is 64.3 Å². The van der Waals surface area contributed by atoms with E-state index in [-0.39, 0.29) is 9.76 Å². The highest BCUT2D eigenvalue weighted by atomic mass is 28.2. The Kier molecular flexibility index (Phi) is 7.42. The zero-order valence-corrected chi connectivity index (χ0v) is 11.2. The molecular weight excluding hydrogens is 188 g/mol. The van der Waals surface area contributed by atoms with Gasteiger partial charge in [-0.25, -0.2) is 0 Å². The predicted molar refractivity (Wildman–Crippen MR) is 65.4 cm³/mol. The molecule has 0 aliphatic heterocycles. The van der Waals surface area contributed by atoms with Crippen LogP contribution in [-0.4, -0.2) is 16.4 Å². The van der Waals surface area contributed by atoms with Crippen LogP contribution in [0.25, 0.3) is 0 Å². The van der Waals surface area contributed by atoms with Gasteiger partial charge in [-0.1, -0.05) is 51.4 Å². The van der Waals surface area contributed by atoms with Crippen LogP contribution in [0, 0.1) is 5.92 Å². The van der Waals surface area contributed by atoms with E-state index in [1.807, 2.05) is 0 Å². The van der Waals surface area contributed by atoms with E-state index in [2.05, 4.69) is 6.92 Å². The van der Waals surface area contributed by atoms with Crippen molar-refractivity contribution in [2.75, 3.05) is 6.61 Å². The molecule has 0 unspecified atom stereocenters. The van der Waals surface area contributed by atoms with Gasteiger partial charge in [-0.2, -0.15) is 0 Å². The molecule has 0 atom stereocenters. The Labute approximate surface area is 91.6 Å². The largest absolute Gasteiger partial charge is 0.424 e. The molecule has 0 radical (unpaired) electrons. The van der Waals surface area contributed by atoms with Crippen molar-refractivity contribution >= 4 is 9.76 Å². The van der Waals surface area contributed by atoms with Crippen LogP contribution in [0.3, 0.4) is 0 Å². The van der Waals surface area contributed by atoms with Crippen molar-refractivity contribution in [3.8, 4) is 0 Å². The van der Waals surface area contributed by atoms with Gasteiger partial charge in [0.05, 0.1) is 0 Å². The highest BCUT2D eigenvalue weighted by Crippen LogP contribution is 2.26. The molecule has 84 valence electrons. The molecule has 2 heteroatoms. The van der Waals surface area contributed by atoms with Crippen molar-refractivity contribution < 1.29 is 4.43 Å². The second kappa shape index (κ2) is 8.48. The predicted octanol–water partition coefficient (Wildman–Crippen LogP) is 3.28. The van der Waals surface area contributed by atoms with Gasteiger partial charge >= 0.3 is 0 Å². The van der Waals surface area contributed by atoms with Crippen LogP contribution in [-0.2, 0) is 4.43 Å². The van der Waals surface area contributed by atoms with Crippen LogP contribution in [0.2, 0.25) is 6.04 Å². The van der Waals surface area contributed by atoms with E-state index < -0.39 is 0 Å². The van der Waals surface area contributed by atoms with Crippen LogP contribution in [0.1, 0.15) is 58.3 Å². The van der Waals surface area contributed by atoms with E-state index >= 15 is 0 Å². The molecule has 0 heterocycles. The average Bonchev–Trinajstić information content (AvgIpc) is 2.46. The lowest BCUT2D eigenvalue weighted by Gasteiger charge is -2.12.